The van der Waals surface area contributed by atoms with Crippen LogP contribution in [0.2, 0.25) is 0 Å². The van der Waals surface area contributed by atoms with Gasteiger partial charge in [-0.2, -0.15) is 8.78 Å². The first-order valence-electron chi connectivity index (χ1n) is 5.08. The van der Waals surface area contributed by atoms with Crippen molar-refractivity contribution in [3.05, 3.63) is 23.8 Å². The quantitative estimate of drug-likeness (QED) is 0.816. The first kappa shape index (κ1) is 12.7. The Morgan fingerprint density at radius 2 is 2.12 bits per heavy atom. The lowest BCUT2D eigenvalue weighted by atomic mass is 10.1. The largest absolute Gasteiger partial charge is 0.490 e. The van der Waals surface area contributed by atoms with Crippen LogP contribution in [0, 0.1) is 0 Å². The lowest BCUT2D eigenvalue weighted by Crippen LogP contribution is -2.10. The maximum Gasteiger partial charge on any atom is 0.387 e. The molecule has 0 saturated carbocycles. The summed E-state index contributed by atoms with van der Waals surface area (Å²) in [5.74, 6) is 0.415. The van der Waals surface area contributed by atoms with E-state index >= 15 is 0 Å². The zero-order valence-corrected chi connectivity index (χ0v) is 9.08. The Morgan fingerprint density at radius 3 is 2.69 bits per heavy atom. The molecule has 16 heavy (non-hydrogen) atoms. The van der Waals surface area contributed by atoms with Gasteiger partial charge in [0.1, 0.15) is 0 Å². The predicted octanol–water partition coefficient (Wildman–Crippen LogP) is 2.19. The second-order valence-corrected chi connectivity index (χ2v) is 3.09. The van der Waals surface area contributed by atoms with Crippen molar-refractivity contribution in [2.75, 3.05) is 13.2 Å². The van der Waals surface area contributed by atoms with Gasteiger partial charge in [0.2, 0.25) is 0 Å². The van der Waals surface area contributed by atoms with Crippen LogP contribution in [0.25, 0.3) is 0 Å². The van der Waals surface area contributed by atoms with Crippen molar-refractivity contribution in [3.8, 4) is 11.5 Å². The average molecular weight is 231 g/mol. The summed E-state index contributed by atoms with van der Waals surface area (Å²) >= 11 is 0. The molecule has 1 aromatic carbocycles. The van der Waals surface area contributed by atoms with Crippen molar-refractivity contribution in [2.24, 2.45) is 5.73 Å². The van der Waals surface area contributed by atoms with Crippen molar-refractivity contribution in [2.45, 2.75) is 20.0 Å². The van der Waals surface area contributed by atoms with Gasteiger partial charge in [0.25, 0.3) is 0 Å². The van der Waals surface area contributed by atoms with Crippen LogP contribution in [0.3, 0.4) is 0 Å². The van der Waals surface area contributed by atoms with Gasteiger partial charge in [-0.15, -0.1) is 0 Å². The summed E-state index contributed by atoms with van der Waals surface area (Å²) in [6.07, 6.45) is 0.475. The molecule has 0 unspecified atom stereocenters. The van der Waals surface area contributed by atoms with Crippen LogP contribution >= 0.6 is 0 Å². The van der Waals surface area contributed by atoms with Crippen molar-refractivity contribution in [1.29, 1.82) is 0 Å². The Labute approximate surface area is 93.2 Å². The van der Waals surface area contributed by atoms with E-state index in [9.17, 15) is 8.78 Å². The van der Waals surface area contributed by atoms with Gasteiger partial charge >= 0.3 is 6.61 Å². The van der Waals surface area contributed by atoms with Gasteiger partial charge in [0.15, 0.2) is 11.5 Å². The SMILES string of the molecule is CCOc1cccc(CCN)c1OC(F)F. The molecule has 0 saturated heterocycles. The summed E-state index contributed by atoms with van der Waals surface area (Å²) in [5.41, 5.74) is 6.03. The molecule has 1 rings (SSSR count). The van der Waals surface area contributed by atoms with E-state index in [-0.39, 0.29) is 5.75 Å². The molecule has 5 heteroatoms. The van der Waals surface area contributed by atoms with E-state index in [0.29, 0.717) is 30.9 Å². The maximum atomic E-state index is 12.3. The third kappa shape index (κ3) is 3.34. The molecular weight excluding hydrogens is 216 g/mol. The topological polar surface area (TPSA) is 44.5 Å². The fourth-order valence-electron chi connectivity index (χ4n) is 1.41. The summed E-state index contributed by atoms with van der Waals surface area (Å²) in [7, 11) is 0. The molecule has 0 atom stereocenters. The molecule has 90 valence electrons. The highest BCUT2D eigenvalue weighted by Crippen LogP contribution is 2.32. The first-order valence-corrected chi connectivity index (χ1v) is 5.08. The van der Waals surface area contributed by atoms with Crippen LogP contribution in [-0.4, -0.2) is 19.8 Å². The van der Waals surface area contributed by atoms with Crippen molar-refractivity contribution in [1.82, 2.24) is 0 Å². The molecule has 0 aliphatic carbocycles. The number of ether oxygens (including phenoxy) is 2. The Morgan fingerprint density at radius 1 is 1.38 bits per heavy atom. The molecule has 0 radical (unpaired) electrons. The number of rotatable bonds is 6. The lowest BCUT2D eigenvalue weighted by Gasteiger charge is -2.14. The second kappa shape index (κ2) is 6.27. The van der Waals surface area contributed by atoms with Crippen LogP contribution in [0.1, 0.15) is 12.5 Å². The highest BCUT2D eigenvalue weighted by Gasteiger charge is 2.14. The Bertz CT molecular complexity index is 308. The fraction of sp³-hybridized carbons (Fsp3) is 0.455. The zero-order chi connectivity index (χ0) is 12.0. The molecule has 0 heterocycles. The molecule has 0 aromatic heterocycles. The van der Waals surface area contributed by atoms with Gasteiger partial charge in [-0.05, 0) is 31.5 Å². The summed E-state index contributed by atoms with van der Waals surface area (Å²) < 4.78 is 34.2. The molecule has 0 fully saturated rings. The smallest absolute Gasteiger partial charge is 0.387 e. The molecule has 3 nitrogen and oxygen atoms in total. The maximum absolute atomic E-state index is 12.3. The van der Waals surface area contributed by atoms with E-state index in [2.05, 4.69) is 4.74 Å². The van der Waals surface area contributed by atoms with Crippen LogP contribution in [0.4, 0.5) is 8.78 Å². The highest BCUT2D eigenvalue weighted by atomic mass is 19.3. The fourth-order valence-corrected chi connectivity index (χ4v) is 1.41. The minimum Gasteiger partial charge on any atom is -0.490 e. The van der Waals surface area contributed by atoms with Gasteiger partial charge in [-0.3, -0.25) is 0 Å². The molecule has 0 spiro atoms. The average Bonchev–Trinajstić information content (AvgIpc) is 2.23. The molecule has 1 aromatic rings. The van der Waals surface area contributed by atoms with E-state index in [0.717, 1.165) is 0 Å². The standard InChI is InChI=1S/C11H15F2NO2/c1-2-15-9-5-3-4-8(6-7-14)10(9)16-11(12)13/h3-5,11H,2,6-7,14H2,1H3. The molecule has 0 amide bonds. The third-order valence-corrected chi connectivity index (χ3v) is 1.98. The van der Waals surface area contributed by atoms with E-state index in [1.807, 2.05) is 0 Å². The zero-order valence-electron chi connectivity index (χ0n) is 9.08. The van der Waals surface area contributed by atoms with Gasteiger partial charge in [0, 0.05) is 0 Å². The summed E-state index contributed by atoms with van der Waals surface area (Å²) in [6.45, 7) is -0.319. The lowest BCUT2D eigenvalue weighted by molar-refractivity contribution is -0.0520. The van der Waals surface area contributed by atoms with E-state index in [1.54, 1.807) is 25.1 Å². The monoisotopic (exact) mass is 231 g/mol. The highest BCUT2D eigenvalue weighted by molar-refractivity contribution is 5.46. The first-order chi connectivity index (χ1) is 7.69. The van der Waals surface area contributed by atoms with Crippen LogP contribution in [-0.2, 0) is 6.42 Å². The normalized spacial score (nSPS) is 10.6. The van der Waals surface area contributed by atoms with Crippen molar-refractivity contribution < 1.29 is 18.3 Å². The van der Waals surface area contributed by atoms with Gasteiger partial charge in [0.05, 0.1) is 6.61 Å². The Balaban J connectivity index is 3.01. The van der Waals surface area contributed by atoms with Gasteiger partial charge < -0.3 is 15.2 Å². The Hall–Kier alpha value is -1.36. The van der Waals surface area contributed by atoms with Gasteiger partial charge in [-0.1, -0.05) is 12.1 Å². The number of hydrogen-bond donors (Lipinski definition) is 1. The van der Waals surface area contributed by atoms with E-state index in [4.69, 9.17) is 10.5 Å². The van der Waals surface area contributed by atoms with Crippen molar-refractivity contribution in [3.63, 3.8) is 0 Å². The number of alkyl halides is 2. The number of halogens is 2. The summed E-state index contributed by atoms with van der Waals surface area (Å²) in [5, 5.41) is 0. The Kier molecular flexibility index (Phi) is 4.98. The minimum atomic E-state index is -2.86. The minimum absolute atomic E-state index is 0.0878. The number of benzene rings is 1. The summed E-state index contributed by atoms with van der Waals surface area (Å²) in [6, 6.07) is 5.03. The molecule has 0 bridgehead atoms. The van der Waals surface area contributed by atoms with E-state index < -0.39 is 6.61 Å². The second-order valence-electron chi connectivity index (χ2n) is 3.09. The molecule has 2 N–H and O–H groups in total. The third-order valence-electron chi connectivity index (χ3n) is 1.98. The van der Waals surface area contributed by atoms with Crippen LogP contribution in [0.15, 0.2) is 18.2 Å². The molecule has 0 aliphatic rings. The van der Waals surface area contributed by atoms with Gasteiger partial charge in [-0.25, -0.2) is 0 Å². The van der Waals surface area contributed by atoms with Crippen LogP contribution < -0.4 is 15.2 Å². The number of hydrogen-bond acceptors (Lipinski definition) is 3. The molecule has 0 aliphatic heterocycles. The van der Waals surface area contributed by atoms with Crippen LogP contribution in [0.5, 0.6) is 11.5 Å². The molecular formula is C11H15F2NO2. The number of nitrogens with two attached hydrogens (primary N) is 1. The number of para-hydroxylation sites is 1. The summed E-state index contributed by atoms with van der Waals surface area (Å²) in [4.78, 5) is 0. The predicted molar refractivity (Wildman–Crippen MR) is 57.0 cm³/mol. The van der Waals surface area contributed by atoms with E-state index in [1.165, 1.54) is 0 Å². The van der Waals surface area contributed by atoms with Crippen molar-refractivity contribution >= 4 is 0 Å².